The maximum Gasteiger partial charge on any atom is 0.207 e. The van der Waals surface area contributed by atoms with Gasteiger partial charge in [0.2, 0.25) is 5.28 Å². The largest absolute Gasteiger partial charge is 0.316 e. The molecule has 3 heterocycles. The number of fused-ring (bicyclic) bond motifs is 1. The molecule has 3 rings (SSSR count). The van der Waals surface area contributed by atoms with E-state index >= 15 is 0 Å². The molecule has 1 unspecified atom stereocenters. The van der Waals surface area contributed by atoms with Crippen LogP contribution in [0, 0.1) is 6.92 Å². The second-order valence-corrected chi connectivity index (χ2v) is 4.67. The van der Waals surface area contributed by atoms with Crippen LogP contribution in [0.5, 0.6) is 0 Å². The van der Waals surface area contributed by atoms with E-state index in [-0.39, 0.29) is 0 Å². The van der Waals surface area contributed by atoms with Crippen molar-refractivity contribution < 1.29 is 0 Å². The molecule has 0 aliphatic carbocycles. The Morgan fingerprint density at radius 2 is 2.38 bits per heavy atom. The van der Waals surface area contributed by atoms with E-state index in [9.17, 15) is 0 Å². The van der Waals surface area contributed by atoms with Gasteiger partial charge in [-0.1, -0.05) is 6.07 Å². The Kier molecular flexibility index (Phi) is 2.37. The lowest BCUT2D eigenvalue weighted by molar-refractivity contribution is 0.721. The summed E-state index contributed by atoms with van der Waals surface area (Å²) in [5.74, 6) is 0.551. The molecule has 0 saturated carbocycles. The van der Waals surface area contributed by atoms with E-state index in [0.29, 0.717) is 11.2 Å². The van der Waals surface area contributed by atoms with Crippen molar-refractivity contribution in [3.8, 4) is 0 Å². The highest BCUT2D eigenvalue weighted by Gasteiger charge is 2.20. The van der Waals surface area contributed by atoms with Gasteiger partial charge in [0.15, 0.2) is 0 Å². The first kappa shape index (κ1) is 10.1. The van der Waals surface area contributed by atoms with E-state index in [0.717, 1.165) is 24.3 Å². The Bertz CT molecular complexity index is 526. The van der Waals surface area contributed by atoms with Crippen LogP contribution in [0.25, 0.3) is 5.52 Å². The van der Waals surface area contributed by atoms with E-state index < -0.39 is 0 Å². The molecule has 0 amide bonds. The van der Waals surface area contributed by atoms with Gasteiger partial charge in [-0.25, -0.2) is 4.98 Å². The van der Waals surface area contributed by atoms with Crippen molar-refractivity contribution in [1.29, 1.82) is 0 Å². The van der Waals surface area contributed by atoms with Crippen LogP contribution in [0.2, 0.25) is 5.28 Å². The molecule has 0 aromatic carbocycles. The van der Waals surface area contributed by atoms with E-state index in [1.807, 2.05) is 6.92 Å². The molecule has 2 aromatic heterocycles. The quantitative estimate of drug-likeness (QED) is 0.823. The van der Waals surface area contributed by atoms with Gasteiger partial charge in [0.25, 0.3) is 0 Å². The zero-order valence-electron chi connectivity index (χ0n) is 9.20. The van der Waals surface area contributed by atoms with Gasteiger partial charge in [0.1, 0.15) is 0 Å². The Hall–Kier alpha value is -1.06. The molecular formula is C12H14ClN3. The van der Waals surface area contributed by atoms with Gasteiger partial charge in [-0.2, -0.15) is 0 Å². The summed E-state index contributed by atoms with van der Waals surface area (Å²) in [5, 5.41) is 3.96. The summed E-state index contributed by atoms with van der Waals surface area (Å²) in [6.07, 6.45) is 1.17. The van der Waals surface area contributed by atoms with Gasteiger partial charge >= 0.3 is 0 Å². The van der Waals surface area contributed by atoms with Crippen molar-refractivity contribution in [3.05, 3.63) is 34.9 Å². The minimum atomic E-state index is 0.551. The molecule has 2 aromatic rings. The number of aromatic nitrogens is 2. The zero-order valence-corrected chi connectivity index (χ0v) is 9.96. The molecule has 1 N–H and O–H groups in total. The number of rotatable bonds is 1. The first-order chi connectivity index (χ1) is 7.77. The number of hydrogen-bond donors (Lipinski definition) is 1. The number of nitrogens with zero attached hydrogens (tertiary/aromatic N) is 2. The SMILES string of the molecule is Cc1nc(Cl)n2c(C3CCNC3)cccc12. The van der Waals surface area contributed by atoms with Crippen LogP contribution < -0.4 is 5.32 Å². The third-order valence-electron chi connectivity index (χ3n) is 3.31. The molecule has 0 bridgehead atoms. The number of aryl methyl sites for hydroxylation is 1. The number of imidazole rings is 1. The molecule has 0 radical (unpaired) electrons. The van der Waals surface area contributed by atoms with Crippen LogP contribution in [0.3, 0.4) is 0 Å². The lowest BCUT2D eigenvalue weighted by atomic mass is 10.0. The predicted octanol–water partition coefficient (Wildman–Crippen LogP) is 2.37. The number of halogens is 1. The standard InChI is InChI=1S/C12H14ClN3/c1-8-10-3-2-4-11(9-5-6-14-7-9)16(10)12(13)15-8/h2-4,9,14H,5-7H2,1H3. The second-order valence-electron chi connectivity index (χ2n) is 4.33. The molecule has 1 aliphatic rings. The van der Waals surface area contributed by atoms with Gasteiger partial charge in [0.05, 0.1) is 11.2 Å². The van der Waals surface area contributed by atoms with E-state index in [2.05, 4.69) is 32.9 Å². The molecule has 4 heteroatoms. The molecule has 84 valence electrons. The zero-order chi connectivity index (χ0) is 11.1. The van der Waals surface area contributed by atoms with Gasteiger partial charge in [-0.3, -0.25) is 4.40 Å². The molecular weight excluding hydrogens is 222 g/mol. The first-order valence-corrected chi connectivity index (χ1v) is 5.99. The van der Waals surface area contributed by atoms with E-state index in [1.54, 1.807) is 0 Å². The number of hydrogen-bond acceptors (Lipinski definition) is 2. The summed E-state index contributed by atoms with van der Waals surface area (Å²) in [7, 11) is 0. The topological polar surface area (TPSA) is 29.3 Å². The Labute approximate surface area is 99.4 Å². The molecule has 16 heavy (non-hydrogen) atoms. The third kappa shape index (κ3) is 1.43. The van der Waals surface area contributed by atoms with Crippen LogP contribution in [0.1, 0.15) is 23.7 Å². The highest BCUT2D eigenvalue weighted by molar-refractivity contribution is 6.28. The summed E-state index contributed by atoms with van der Waals surface area (Å²) in [5.41, 5.74) is 3.39. The highest BCUT2D eigenvalue weighted by Crippen LogP contribution is 2.27. The smallest absolute Gasteiger partial charge is 0.207 e. The molecule has 1 atom stereocenters. The van der Waals surface area contributed by atoms with Gasteiger partial charge < -0.3 is 5.32 Å². The van der Waals surface area contributed by atoms with Crippen molar-refractivity contribution in [2.24, 2.45) is 0 Å². The van der Waals surface area contributed by atoms with Crippen molar-refractivity contribution in [3.63, 3.8) is 0 Å². The summed E-state index contributed by atoms with van der Waals surface area (Å²) >= 11 is 6.19. The number of pyridine rings is 1. The summed E-state index contributed by atoms with van der Waals surface area (Å²) in [6.45, 7) is 4.12. The van der Waals surface area contributed by atoms with Gasteiger partial charge in [0, 0.05) is 18.2 Å². The van der Waals surface area contributed by atoms with Crippen LogP contribution in [0.15, 0.2) is 18.2 Å². The maximum atomic E-state index is 6.19. The predicted molar refractivity (Wildman–Crippen MR) is 65.2 cm³/mol. The van der Waals surface area contributed by atoms with Crippen LogP contribution in [-0.4, -0.2) is 22.5 Å². The van der Waals surface area contributed by atoms with Crippen molar-refractivity contribution in [2.75, 3.05) is 13.1 Å². The third-order valence-corrected chi connectivity index (χ3v) is 3.57. The van der Waals surface area contributed by atoms with Crippen molar-refractivity contribution in [2.45, 2.75) is 19.3 Å². The van der Waals surface area contributed by atoms with Gasteiger partial charge in [-0.15, -0.1) is 0 Å². The van der Waals surface area contributed by atoms with Crippen LogP contribution >= 0.6 is 11.6 Å². The minimum Gasteiger partial charge on any atom is -0.316 e. The van der Waals surface area contributed by atoms with Crippen molar-refractivity contribution in [1.82, 2.24) is 14.7 Å². The normalized spacial score (nSPS) is 20.8. The molecule has 1 fully saturated rings. The van der Waals surface area contributed by atoms with E-state index in [1.165, 1.54) is 12.1 Å². The fourth-order valence-corrected chi connectivity index (χ4v) is 2.80. The summed E-state index contributed by atoms with van der Waals surface area (Å²) < 4.78 is 2.08. The second kappa shape index (κ2) is 3.75. The van der Waals surface area contributed by atoms with Crippen LogP contribution in [-0.2, 0) is 0 Å². The van der Waals surface area contributed by atoms with E-state index in [4.69, 9.17) is 11.6 Å². The first-order valence-electron chi connectivity index (χ1n) is 5.61. The molecule has 1 aliphatic heterocycles. The fraction of sp³-hybridized carbons (Fsp3) is 0.417. The summed E-state index contributed by atoms with van der Waals surface area (Å²) in [6, 6.07) is 6.31. The maximum absolute atomic E-state index is 6.19. The van der Waals surface area contributed by atoms with Gasteiger partial charge in [-0.05, 0) is 43.6 Å². The minimum absolute atomic E-state index is 0.551. The highest BCUT2D eigenvalue weighted by atomic mass is 35.5. The van der Waals surface area contributed by atoms with Crippen molar-refractivity contribution >= 4 is 17.1 Å². The average Bonchev–Trinajstić information content (AvgIpc) is 2.88. The Balaban J connectivity index is 2.23. The summed E-state index contributed by atoms with van der Waals surface area (Å²) in [4.78, 5) is 4.33. The monoisotopic (exact) mass is 235 g/mol. The average molecular weight is 236 g/mol. The fourth-order valence-electron chi connectivity index (χ4n) is 2.49. The number of nitrogens with one attached hydrogen (secondary N) is 1. The Morgan fingerprint density at radius 3 is 3.12 bits per heavy atom. The lowest BCUT2D eigenvalue weighted by Gasteiger charge is -2.12. The molecule has 1 saturated heterocycles. The Morgan fingerprint density at radius 1 is 1.50 bits per heavy atom. The lowest BCUT2D eigenvalue weighted by Crippen LogP contribution is -2.10. The van der Waals surface area contributed by atoms with Crippen LogP contribution in [0.4, 0.5) is 0 Å². The molecule has 3 nitrogen and oxygen atoms in total. The molecule has 0 spiro atoms.